The van der Waals surface area contributed by atoms with Gasteiger partial charge in [0.1, 0.15) is 0 Å². The molecule has 2 aromatic heterocycles. The van der Waals surface area contributed by atoms with Crippen molar-refractivity contribution in [3.63, 3.8) is 0 Å². The maximum atomic E-state index is 5.43. The summed E-state index contributed by atoms with van der Waals surface area (Å²) >= 11 is 3.22. The van der Waals surface area contributed by atoms with E-state index in [1.165, 1.54) is 4.68 Å². The predicted molar refractivity (Wildman–Crippen MR) is 53.8 cm³/mol. The van der Waals surface area contributed by atoms with Crippen LogP contribution >= 0.6 is 15.9 Å². The monoisotopic (exact) mass is 254 g/mol. The second-order valence-corrected chi connectivity index (χ2v) is 3.45. The van der Waals surface area contributed by atoms with E-state index in [1.807, 2.05) is 13.0 Å². The lowest BCUT2D eigenvalue weighted by atomic mass is 10.3. The van der Waals surface area contributed by atoms with E-state index in [9.17, 15) is 0 Å². The molecule has 0 unspecified atom stereocenters. The van der Waals surface area contributed by atoms with E-state index in [2.05, 4.69) is 36.2 Å². The minimum atomic E-state index is 0.195. The molecule has 0 aliphatic heterocycles. The zero-order chi connectivity index (χ0) is 10.1. The van der Waals surface area contributed by atoms with Crippen molar-refractivity contribution in [3.05, 3.63) is 22.6 Å². The van der Waals surface area contributed by atoms with E-state index >= 15 is 0 Å². The molecule has 0 aliphatic rings. The van der Waals surface area contributed by atoms with Gasteiger partial charge in [0.2, 0.25) is 10.7 Å². The summed E-state index contributed by atoms with van der Waals surface area (Å²) in [6, 6.07) is 1.84. The molecule has 2 aromatic rings. The van der Waals surface area contributed by atoms with Gasteiger partial charge in [-0.3, -0.25) is 0 Å². The Balaban J connectivity index is 2.54. The molecule has 0 aromatic carbocycles. The minimum absolute atomic E-state index is 0.195. The first-order chi connectivity index (χ1) is 6.66. The van der Waals surface area contributed by atoms with Gasteiger partial charge in [0.15, 0.2) is 5.82 Å². The molecule has 0 fully saturated rings. The van der Waals surface area contributed by atoms with Crippen LogP contribution in [0.3, 0.4) is 0 Å². The molecule has 0 radical (unpaired) electrons. The zero-order valence-electron chi connectivity index (χ0n) is 7.35. The SMILES string of the molecule is Cc1cnnc(-n2nc(N)nc2Br)c1. The predicted octanol–water partition coefficient (Wildman–Crippen LogP) is 0.710. The molecular weight excluding hydrogens is 248 g/mol. The van der Waals surface area contributed by atoms with Crippen molar-refractivity contribution in [1.29, 1.82) is 0 Å². The molecule has 2 rings (SSSR count). The summed E-state index contributed by atoms with van der Waals surface area (Å²) in [5.74, 6) is 0.779. The molecule has 7 heteroatoms. The van der Waals surface area contributed by atoms with Crippen LogP contribution < -0.4 is 5.73 Å². The van der Waals surface area contributed by atoms with E-state index in [0.717, 1.165) is 5.56 Å². The van der Waals surface area contributed by atoms with Crippen LogP contribution in [0, 0.1) is 6.92 Å². The van der Waals surface area contributed by atoms with Gasteiger partial charge in [-0.25, -0.2) is 0 Å². The molecule has 0 bridgehead atoms. The molecule has 14 heavy (non-hydrogen) atoms. The van der Waals surface area contributed by atoms with Crippen molar-refractivity contribution in [3.8, 4) is 5.82 Å². The number of anilines is 1. The van der Waals surface area contributed by atoms with Crippen LogP contribution in [-0.2, 0) is 0 Å². The number of nitrogens with zero attached hydrogens (tertiary/aromatic N) is 5. The molecule has 2 N–H and O–H groups in total. The molecule has 0 aliphatic carbocycles. The van der Waals surface area contributed by atoms with Crippen molar-refractivity contribution in [2.45, 2.75) is 6.92 Å². The normalized spacial score (nSPS) is 10.4. The van der Waals surface area contributed by atoms with E-state index in [1.54, 1.807) is 6.20 Å². The van der Waals surface area contributed by atoms with Crippen LogP contribution in [-0.4, -0.2) is 25.0 Å². The highest BCUT2D eigenvalue weighted by molar-refractivity contribution is 9.10. The van der Waals surface area contributed by atoms with Crippen molar-refractivity contribution in [1.82, 2.24) is 25.0 Å². The third-order valence-electron chi connectivity index (χ3n) is 1.58. The molecule has 0 amide bonds. The van der Waals surface area contributed by atoms with Crippen LogP contribution in [0.4, 0.5) is 5.95 Å². The summed E-state index contributed by atoms with van der Waals surface area (Å²) in [6.45, 7) is 1.92. The first-order valence-corrected chi connectivity index (χ1v) is 4.64. The number of hydrogen-bond acceptors (Lipinski definition) is 5. The van der Waals surface area contributed by atoms with Gasteiger partial charge in [-0.1, -0.05) is 0 Å². The average Bonchev–Trinajstić information content (AvgIpc) is 2.45. The molecule has 72 valence electrons. The lowest BCUT2D eigenvalue weighted by molar-refractivity contribution is 0.795. The molecular formula is C7H7BrN6. The summed E-state index contributed by atoms with van der Waals surface area (Å²) in [5, 5.41) is 11.7. The first kappa shape index (κ1) is 9.07. The Hall–Kier alpha value is -1.50. The first-order valence-electron chi connectivity index (χ1n) is 3.84. The van der Waals surface area contributed by atoms with Gasteiger partial charge in [-0.15, -0.1) is 10.2 Å². The summed E-state index contributed by atoms with van der Waals surface area (Å²) in [5.41, 5.74) is 6.43. The Labute approximate surface area is 88.3 Å². The number of nitrogens with two attached hydrogens (primary N) is 1. The average molecular weight is 255 g/mol. The Morgan fingerprint density at radius 1 is 1.50 bits per heavy atom. The maximum absolute atomic E-state index is 5.43. The largest absolute Gasteiger partial charge is 0.366 e. The fraction of sp³-hybridized carbons (Fsp3) is 0.143. The maximum Gasteiger partial charge on any atom is 0.240 e. The lowest BCUT2D eigenvalue weighted by Gasteiger charge is -1.99. The Morgan fingerprint density at radius 3 is 2.86 bits per heavy atom. The van der Waals surface area contributed by atoms with Crippen molar-refractivity contribution < 1.29 is 0 Å². The summed E-state index contributed by atoms with van der Waals surface area (Å²) in [7, 11) is 0. The molecule has 0 spiro atoms. The van der Waals surface area contributed by atoms with Crippen LogP contribution in [0.1, 0.15) is 5.56 Å². The van der Waals surface area contributed by atoms with E-state index in [4.69, 9.17) is 5.73 Å². The number of hydrogen-bond donors (Lipinski definition) is 1. The van der Waals surface area contributed by atoms with Crippen molar-refractivity contribution in [2.24, 2.45) is 0 Å². The van der Waals surface area contributed by atoms with Crippen LogP contribution in [0.2, 0.25) is 0 Å². The second kappa shape index (κ2) is 3.33. The molecule has 2 heterocycles. The number of halogens is 1. The number of nitrogen functional groups attached to an aromatic ring is 1. The fourth-order valence-corrected chi connectivity index (χ4v) is 1.45. The summed E-state index contributed by atoms with van der Waals surface area (Å²) in [4.78, 5) is 3.90. The number of rotatable bonds is 1. The fourth-order valence-electron chi connectivity index (χ4n) is 1.01. The van der Waals surface area contributed by atoms with E-state index in [-0.39, 0.29) is 5.95 Å². The van der Waals surface area contributed by atoms with Gasteiger partial charge in [-0.05, 0) is 34.5 Å². The minimum Gasteiger partial charge on any atom is -0.366 e. The number of aromatic nitrogens is 5. The highest BCUT2D eigenvalue weighted by Crippen LogP contribution is 2.13. The van der Waals surface area contributed by atoms with Crippen LogP contribution in [0.25, 0.3) is 5.82 Å². The van der Waals surface area contributed by atoms with Crippen LogP contribution in [0.5, 0.6) is 0 Å². The quantitative estimate of drug-likeness (QED) is 0.811. The van der Waals surface area contributed by atoms with Gasteiger partial charge in [0, 0.05) is 0 Å². The van der Waals surface area contributed by atoms with Gasteiger partial charge >= 0.3 is 0 Å². The molecule has 0 atom stereocenters. The smallest absolute Gasteiger partial charge is 0.240 e. The molecule has 6 nitrogen and oxygen atoms in total. The van der Waals surface area contributed by atoms with E-state index < -0.39 is 0 Å². The third kappa shape index (κ3) is 1.58. The third-order valence-corrected chi connectivity index (χ3v) is 2.09. The summed E-state index contributed by atoms with van der Waals surface area (Å²) < 4.78 is 1.99. The van der Waals surface area contributed by atoms with Crippen molar-refractivity contribution >= 4 is 21.9 Å². The van der Waals surface area contributed by atoms with Crippen molar-refractivity contribution in [2.75, 3.05) is 5.73 Å². The highest BCUT2D eigenvalue weighted by atomic mass is 79.9. The Morgan fingerprint density at radius 2 is 2.29 bits per heavy atom. The summed E-state index contributed by atoms with van der Waals surface area (Å²) in [6.07, 6.45) is 1.66. The highest BCUT2D eigenvalue weighted by Gasteiger charge is 2.08. The van der Waals surface area contributed by atoms with Crippen LogP contribution in [0.15, 0.2) is 17.0 Å². The standard InChI is InChI=1S/C7H7BrN6/c1-4-2-5(12-10-3-4)14-6(8)11-7(9)13-14/h2-3H,1H3,(H2,9,13). The molecule has 0 saturated heterocycles. The van der Waals surface area contributed by atoms with Gasteiger partial charge in [0.25, 0.3) is 0 Å². The second-order valence-electron chi connectivity index (χ2n) is 2.74. The van der Waals surface area contributed by atoms with Gasteiger partial charge in [-0.2, -0.15) is 14.8 Å². The van der Waals surface area contributed by atoms with E-state index in [0.29, 0.717) is 10.6 Å². The number of aryl methyl sites for hydroxylation is 1. The Bertz CT molecular complexity index is 465. The lowest BCUT2D eigenvalue weighted by Crippen LogP contribution is -2.02. The molecule has 0 saturated carbocycles. The van der Waals surface area contributed by atoms with Gasteiger partial charge < -0.3 is 5.73 Å². The van der Waals surface area contributed by atoms with Gasteiger partial charge in [0.05, 0.1) is 6.20 Å². The Kier molecular flexibility index (Phi) is 2.16. The zero-order valence-corrected chi connectivity index (χ0v) is 8.93. The topological polar surface area (TPSA) is 82.5 Å².